The number of hydrogen-bond acceptors (Lipinski definition) is 8. The summed E-state index contributed by atoms with van der Waals surface area (Å²) in [6.45, 7) is 8.49. The summed E-state index contributed by atoms with van der Waals surface area (Å²) in [5.74, 6) is -0.146. The lowest BCUT2D eigenvalue weighted by Gasteiger charge is -2.61. The first-order valence-electron chi connectivity index (χ1n) is 14.8. The van der Waals surface area contributed by atoms with Crippen LogP contribution in [0.25, 0.3) is 0 Å². The van der Waals surface area contributed by atoms with Crippen molar-refractivity contribution >= 4 is 24.0 Å². The number of fused-ring (bicyclic) bond motifs is 5. The summed E-state index contributed by atoms with van der Waals surface area (Å²) in [5, 5.41) is 0. The number of rotatable bonds is 13. The van der Waals surface area contributed by atoms with Crippen LogP contribution in [0.4, 0.5) is 0 Å². The van der Waals surface area contributed by atoms with E-state index in [0.717, 1.165) is 51.4 Å². The van der Waals surface area contributed by atoms with Gasteiger partial charge in [0, 0.05) is 31.3 Å². The molecular weight excluding hydrogens is 500 g/mol. The third kappa shape index (κ3) is 5.48. The standard InChI is InChI=1S/C31H46O8/c1-5-6-7-8-15-36-20-39-31(27(35)18-37-21(2)33)14-12-25-24-10-9-22-16-23(34)11-13-29(22,3)28(24)26(38-19-32)17-30(25,31)4/h16,19,24-26,28H,5-15,17-18,20H2,1-4H3/t24-,25-,26?,28+,29-,30-,31-/m0/s1. The van der Waals surface area contributed by atoms with E-state index in [-0.39, 0.29) is 48.1 Å². The summed E-state index contributed by atoms with van der Waals surface area (Å²) in [6.07, 6.45) is 10.5. The van der Waals surface area contributed by atoms with E-state index in [1.165, 1.54) is 12.5 Å². The average Bonchev–Trinajstić information content (AvgIpc) is 3.19. The molecule has 4 aliphatic carbocycles. The maximum Gasteiger partial charge on any atom is 0.303 e. The molecule has 3 saturated carbocycles. The van der Waals surface area contributed by atoms with Crippen molar-refractivity contribution in [1.29, 1.82) is 0 Å². The molecule has 0 amide bonds. The van der Waals surface area contributed by atoms with Crippen LogP contribution in [-0.4, -0.2) is 55.7 Å². The SMILES string of the molecule is CCCCCCOCO[C@]1(C(=O)COC(C)=O)CC[C@H]2[C@@H]3CCC4=CC(=O)CC[C@]4(C)[C@H]3C(OC=O)C[C@@]21C. The van der Waals surface area contributed by atoms with Crippen LogP contribution in [0.3, 0.4) is 0 Å². The first-order chi connectivity index (χ1) is 18.6. The number of esters is 1. The molecular formula is C31H46O8. The van der Waals surface area contributed by atoms with Gasteiger partial charge in [0.15, 0.2) is 12.4 Å². The predicted molar refractivity (Wildman–Crippen MR) is 143 cm³/mol. The van der Waals surface area contributed by atoms with E-state index in [1.807, 2.05) is 6.08 Å². The Bertz CT molecular complexity index is 974. The van der Waals surface area contributed by atoms with Gasteiger partial charge in [0.2, 0.25) is 5.78 Å². The van der Waals surface area contributed by atoms with Crippen LogP contribution in [0.5, 0.6) is 0 Å². The molecule has 0 aromatic heterocycles. The minimum Gasteiger partial charge on any atom is -0.464 e. The van der Waals surface area contributed by atoms with Gasteiger partial charge in [-0.1, -0.05) is 45.6 Å². The maximum atomic E-state index is 13.9. The fourth-order valence-electron chi connectivity index (χ4n) is 8.73. The van der Waals surface area contributed by atoms with Crippen LogP contribution < -0.4 is 0 Å². The molecule has 0 heterocycles. The Morgan fingerprint density at radius 2 is 1.90 bits per heavy atom. The fraction of sp³-hybridized carbons (Fsp3) is 0.806. The molecule has 0 N–H and O–H groups in total. The van der Waals surface area contributed by atoms with Crippen molar-refractivity contribution in [3.05, 3.63) is 11.6 Å². The van der Waals surface area contributed by atoms with E-state index in [9.17, 15) is 19.2 Å². The molecule has 218 valence electrons. The van der Waals surface area contributed by atoms with Gasteiger partial charge in [-0.15, -0.1) is 0 Å². The maximum absolute atomic E-state index is 13.9. The molecule has 0 spiro atoms. The summed E-state index contributed by atoms with van der Waals surface area (Å²) in [6, 6.07) is 0. The molecule has 4 aliphatic rings. The van der Waals surface area contributed by atoms with Crippen LogP contribution in [0.15, 0.2) is 11.6 Å². The Labute approximate surface area is 232 Å². The number of unbranched alkanes of at least 4 members (excludes halogenated alkanes) is 3. The van der Waals surface area contributed by atoms with Crippen molar-refractivity contribution in [2.45, 2.75) is 110 Å². The van der Waals surface area contributed by atoms with Crippen molar-refractivity contribution in [1.82, 2.24) is 0 Å². The third-order valence-corrected chi connectivity index (χ3v) is 10.6. The molecule has 39 heavy (non-hydrogen) atoms. The number of hydrogen-bond donors (Lipinski definition) is 0. The van der Waals surface area contributed by atoms with Crippen molar-refractivity contribution in [2.24, 2.45) is 28.6 Å². The van der Waals surface area contributed by atoms with Crippen molar-refractivity contribution in [2.75, 3.05) is 20.0 Å². The van der Waals surface area contributed by atoms with Crippen LogP contribution >= 0.6 is 0 Å². The van der Waals surface area contributed by atoms with Crippen molar-refractivity contribution < 1.29 is 38.1 Å². The van der Waals surface area contributed by atoms with Gasteiger partial charge in [0.25, 0.3) is 6.47 Å². The summed E-state index contributed by atoms with van der Waals surface area (Å²) < 4.78 is 23.3. The van der Waals surface area contributed by atoms with E-state index in [2.05, 4.69) is 20.8 Å². The van der Waals surface area contributed by atoms with E-state index in [0.29, 0.717) is 32.3 Å². The molecule has 0 bridgehead atoms. The molecule has 4 rings (SSSR count). The van der Waals surface area contributed by atoms with Crippen LogP contribution in [-0.2, 0) is 38.1 Å². The van der Waals surface area contributed by atoms with Gasteiger partial charge in [0.05, 0.1) is 0 Å². The second kappa shape index (κ2) is 12.2. The van der Waals surface area contributed by atoms with Gasteiger partial charge >= 0.3 is 5.97 Å². The highest BCUT2D eigenvalue weighted by Crippen LogP contribution is 2.68. The van der Waals surface area contributed by atoms with Gasteiger partial charge in [-0.05, 0) is 68.3 Å². The molecule has 0 saturated heterocycles. The zero-order valence-electron chi connectivity index (χ0n) is 24.1. The van der Waals surface area contributed by atoms with Crippen molar-refractivity contribution in [3.63, 3.8) is 0 Å². The minimum atomic E-state index is -1.20. The zero-order chi connectivity index (χ0) is 28.3. The molecule has 0 aromatic rings. The molecule has 8 heteroatoms. The summed E-state index contributed by atoms with van der Waals surface area (Å²) >= 11 is 0. The van der Waals surface area contributed by atoms with Gasteiger partial charge < -0.3 is 18.9 Å². The zero-order valence-corrected chi connectivity index (χ0v) is 24.1. The highest BCUT2D eigenvalue weighted by Gasteiger charge is 2.70. The van der Waals surface area contributed by atoms with E-state index in [4.69, 9.17) is 18.9 Å². The monoisotopic (exact) mass is 546 g/mol. The molecule has 8 nitrogen and oxygen atoms in total. The van der Waals surface area contributed by atoms with Gasteiger partial charge in [-0.3, -0.25) is 19.2 Å². The highest BCUT2D eigenvalue weighted by atomic mass is 16.7. The topological polar surface area (TPSA) is 105 Å². The number of ketones is 2. The Morgan fingerprint density at radius 3 is 2.62 bits per heavy atom. The summed E-state index contributed by atoms with van der Waals surface area (Å²) in [4.78, 5) is 49.5. The Morgan fingerprint density at radius 1 is 1.10 bits per heavy atom. The number of carbonyl (C=O) groups is 4. The Hall–Kier alpha value is -2.06. The lowest BCUT2D eigenvalue weighted by atomic mass is 9.45. The normalized spacial score (nSPS) is 37.2. The summed E-state index contributed by atoms with van der Waals surface area (Å²) in [5.41, 5.74) is -0.884. The lowest BCUT2D eigenvalue weighted by Crippen LogP contribution is -2.63. The lowest BCUT2D eigenvalue weighted by molar-refractivity contribution is -0.222. The Kier molecular flexibility index (Phi) is 9.37. The molecule has 0 aromatic carbocycles. The summed E-state index contributed by atoms with van der Waals surface area (Å²) in [7, 11) is 0. The van der Waals surface area contributed by atoms with Gasteiger partial charge in [-0.2, -0.15) is 0 Å². The van der Waals surface area contributed by atoms with Crippen LogP contribution in [0.1, 0.15) is 98.3 Å². The first kappa shape index (κ1) is 29.9. The van der Waals surface area contributed by atoms with E-state index < -0.39 is 23.1 Å². The van der Waals surface area contributed by atoms with Crippen LogP contribution in [0.2, 0.25) is 0 Å². The fourth-order valence-corrected chi connectivity index (χ4v) is 8.73. The highest BCUT2D eigenvalue weighted by molar-refractivity contribution is 5.92. The average molecular weight is 547 g/mol. The Balaban J connectivity index is 1.63. The second-order valence-corrected chi connectivity index (χ2v) is 12.6. The van der Waals surface area contributed by atoms with Crippen LogP contribution in [0, 0.1) is 28.6 Å². The number of ether oxygens (including phenoxy) is 4. The number of Topliss-reactive ketones (excluding diaryl/α,β-unsaturated/α-hetero) is 1. The molecule has 7 atom stereocenters. The van der Waals surface area contributed by atoms with Crippen molar-refractivity contribution in [3.8, 4) is 0 Å². The minimum absolute atomic E-state index is 0.0136. The van der Waals surface area contributed by atoms with Gasteiger partial charge in [0.1, 0.15) is 18.5 Å². The third-order valence-electron chi connectivity index (χ3n) is 10.6. The molecule has 1 unspecified atom stereocenters. The van der Waals surface area contributed by atoms with Gasteiger partial charge in [-0.25, -0.2) is 0 Å². The number of carbonyl (C=O) groups excluding carboxylic acids is 4. The smallest absolute Gasteiger partial charge is 0.303 e. The quantitative estimate of drug-likeness (QED) is 0.136. The van der Waals surface area contributed by atoms with E-state index in [1.54, 1.807) is 0 Å². The largest absolute Gasteiger partial charge is 0.464 e. The number of allylic oxidation sites excluding steroid dienone is 1. The second-order valence-electron chi connectivity index (χ2n) is 12.6. The molecule has 3 fully saturated rings. The first-order valence-corrected chi connectivity index (χ1v) is 14.8. The van der Waals surface area contributed by atoms with E-state index >= 15 is 0 Å². The predicted octanol–water partition coefficient (Wildman–Crippen LogP) is 5.11. The molecule has 0 aliphatic heterocycles. The molecule has 0 radical (unpaired) electrons.